The van der Waals surface area contributed by atoms with E-state index in [1.54, 1.807) is 12.2 Å². The van der Waals surface area contributed by atoms with E-state index in [1.165, 1.54) is 0 Å². The zero-order valence-electron chi connectivity index (χ0n) is 9.54. The smallest absolute Gasteiger partial charge is 0.267 e. The average molecular weight is 250 g/mol. The van der Waals surface area contributed by atoms with Crippen molar-refractivity contribution in [2.45, 2.75) is 6.10 Å². The summed E-state index contributed by atoms with van der Waals surface area (Å²) >= 11 is 0. The summed E-state index contributed by atoms with van der Waals surface area (Å²) in [6.45, 7) is 8.62. The van der Waals surface area contributed by atoms with E-state index in [-0.39, 0.29) is 6.54 Å². The highest BCUT2D eigenvalue weighted by molar-refractivity contribution is 7.85. The first kappa shape index (κ1) is 15.3. The molecule has 0 saturated heterocycles. The number of nitrogens with zero attached hydrogens (tertiary/aromatic N) is 1. The molecule has 5 nitrogen and oxygen atoms in total. The molecular formula is C10H20NO4S+. The van der Waals surface area contributed by atoms with Gasteiger partial charge in [-0.05, 0) is 12.2 Å². The highest BCUT2D eigenvalue weighted by Gasteiger charge is 2.25. The van der Waals surface area contributed by atoms with Gasteiger partial charge in [0.15, 0.2) is 0 Å². The van der Waals surface area contributed by atoms with Gasteiger partial charge < -0.3 is 9.59 Å². The van der Waals surface area contributed by atoms with Crippen LogP contribution >= 0.6 is 0 Å². The molecule has 0 aromatic carbocycles. The molecular weight excluding hydrogens is 230 g/mol. The Bertz CT molecular complexity index is 327. The third kappa shape index (κ3) is 6.73. The molecule has 16 heavy (non-hydrogen) atoms. The summed E-state index contributed by atoms with van der Waals surface area (Å²) in [4.78, 5) is 0. The van der Waals surface area contributed by atoms with Crippen LogP contribution in [-0.2, 0) is 10.1 Å². The SMILES string of the molecule is C=CC[N+](C)(CC=C)CC(O)CS(=O)(=O)O. The summed E-state index contributed by atoms with van der Waals surface area (Å²) in [6.07, 6.45) is 2.30. The highest BCUT2D eigenvalue weighted by atomic mass is 32.2. The van der Waals surface area contributed by atoms with Gasteiger partial charge in [-0.15, -0.1) is 0 Å². The number of aliphatic hydroxyl groups excluding tert-OH is 1. The summed E-state index contributed by atoms with van der Waals surface area (Å²) in [5.74, 6) is -0.644. The van der Waals surface area contributed by atoms with Crippen LogP contribution in [0.3, 0.4) is 0 Å². The van der Waals surface area contributed by atoms with Gasteiger partial charge in [-0.1, -0.05) is 13.2 Å². The van der Waals surface area contributed by atoms with Crippen LogP contribution in [0.5, 0.6) is 0 Å². The molecule has 0 rings (SSSR count). The van der Waals surface area contributed by atoms with Crippen molar-refractivity contribution in [3.8, 4) is 0 Å². The Balaban J connectivity index is 4.50. The second kappa shape index (κ2) is 6.15. The molecule has 0 aromatic heterocycles. The molecule has 0 fully saturated rings. The molecule has 0 bridgehead atoms. The lowest BCUT2D eigenvalue weighted by atomic mass is 10.3. The van der Waals surface area contributed by atoms with E-state index in [0.29, 0.717) is 17.6 Å². The molecule has 1 unspecified atom stereocenters. The Kier molecular flexibility index (Phi) is 5.88. The molecule has 0 aliphatic rings. The van der Waals surface area contributed by atoms with Crippen molar-refractivity contribution in [3.05, 3.63) is 25.3 Å². The van der Waals surface area contributed by atoms with E-state index in [2.05, 4.69) is 13.2 Å². The molecule has 0 aliphatic carbocycles. The van der Waals surface area contributed by atoms with Gasteiger partial charge in [0.2, 0.25) is 0 Å². The van der Waals surface area contributed by atoms with Crippen LogP contribution in [0.25, 0.3) is 0 Å². The Hall–Kier alpha value is -0.690. The van der Waals surface area contributed by atoms with E-state index in [1.807, 2.05) is 7.05 Å². The first-order chi connectivity index (χ1) is 7.22. The van der Waals surface area contributed by atoms with Gasteiger partial charge in [0, 0.05) is 0 Å². The highest BCUT2D eigenvalue weighted by Crippen LogP contribution is 2.06. The van der Waals surface area contributed by atoms with E-state index in [4.69, 9.17) is 4.55 Å². The van der Waals surface area contributed by atoms with E-state index >= 15 is 0 Å². The van der Waals surface area contributed by atoms with Gasteiger partial charge >= 0.3 is 0 Å². The van der Waals surface area contributed by atoms with Crippen molar-refractivity contribution in [2.75, 3.05) is 32.4 Å². The average Bonchev–Trinajstić information content (AvgIpc) is 1.99. The monoisotopic (exact) mass is 250 g/mol. The van der Waals surface area contributed by atoms with Crippen LogP contribution < -0.4 is 0 Å². The van der Waals surface area contributed by atoms with Crippen LogP contribution in [0.15, 0.2) is 25.3 Å². The number of rotatable bonds is 8. The molecule has 0 aliphatic heterocycles. The Labute approximate surface area is 97.0 Å². The van der Waals surface area contributed by atoms with Crippen molar-refractivity contribution in [2.24, 2.45) is 0 Å². The lowest BCUT2D eigenvalue weighted by molar-refractivity contribution is -0.901. The summed E-state index contributed by atoms with van der Waals surface area (Å²) in [6, 6.07) is 0. The Morgan fingerprint density at radius 3 is 2.06 bits per heavy atom. The largest absolute Gasteiger partial charge is 0.386 e. The van der Waals surface area contributed by atoms with E-state index in [9.17, 15) is 13.5 Å². The molecule has 1 atom stereocenters. The molecule has 0 heterocycles. The minimum Gasteiger partial charge on any atom is -0.386 e. The number of hydrogen-bond donors (Lipinski definition) is 2. The third-order valence-electron chi connectivity index (χ3n) is 2.19. The number of quaternary nitrogens is 1. The van der Waals surface area contributed by atoms with Gasteiger partial charge in [-0.3, -0.25) is 4.55 Å². The standard InChI is InChI=1S/C10H19NO4S/c1-4-6-11(3,7-5-2)8-10(12)9-16(13,14)15/h4-5,10,12H,1-2,6-9H2,3H3/p+1. The Morgan fingerprint density at radius 1 is 1.31 bits per heavy atom. The van der Waals surface area contributed by atoms with Crippen LogP contribution in [0.1, 0.15) is 0 Å². The maximum absolute atomic E-state index is 10.6. The van der Waals surface area contributed by atoms with Gasteiger partial charge in [0.1, 0.15) is 18.4 Å². The van der Waals surface area contributed by atoms with Crippen molar-refractivity contribution in [3.63, 3.8) is 0 Å². The maximum Gasteiger partial charge on any atom is 0.267 e. The lowest BCUT2D eigenvalue weighted by Gasteiger charge is -2.34. The third-order valence-corrected chi connectivity index (χ3v) is 3.00. The molecule has 0 saturated carbocycles. The zero-order valence-corrected chi connectivity index (χ0v) is 10.4. The topological polar surface area (TPSA) is 74.6 Å². The summed E-state index contributed by atoms with van der Waals surface area (Å²) < 4.78 is 30.2. The molecule has 0 spiro atoms. The predicted molar refractivity (Wildman–Crippen MR) is 63.6 cm³/mol. The van der Waals surface area contributed by atoms with Gasteiger partial charge in [-0.25, -0.2) is 0 Å². The van der Waals surface area contributed by atoms with Gasteiger partial charge in [0.05, 0.1) is 20.1 Å². The predicted octanol–water partition coefficient (Wildman–Crippen LogP) is 0.0537. The second-order valence-corrected chi connectivity index (χ2v) is 5.64. The normalized spacial score (nSPS) is 14.4. The lowest BCUT2D eigenvalue weighted by Crippen LogP contribution is -2.50. The summed E-state index contributed by atoms with van der Waals surface area (Å²) in [7, 11) is -2.28. The zero-order chi connectivity index (χ0) is 12.8. The fraction of sp³-hybridized carbons (Fsp3) is 0.600. The maximum atomic E-state index is 10.6. The van der Waals surface area contributed by atoms with Crippen molar-refractivity contribution in [1.29, 1.82) is 0 Å². The van der Waals surface area contributed by atoms with Crippen LogP contribution in [0, 0.1) is 0 Å². The number of hydrogen-bond acceptors (Lipinski definition) is 3. The van der Waals surface area contributed by atoms with Gasteiger partial charge in [0.25, 0.3) is 10.1 Å². The second-order valence-electron chi connectivity index (χ2n) is 4.15. The van der Waals surface area contributed by atoms with Crippen molar-refractivity contribution in [1.82, 2.24) is 0 Å². The molecule has 6 heteroatoms. The molecule has 0 aromatic rings. The van der Waals surface area contributed by atoms with Crippen LogP contribution in [0.2, 0.25) is 0 Å². The quantitative estimate of drug-likeness (QED) is 0.363. The fourth-order valence-electron chi connectivity index (χ4n) is 1.65. The minimum absolute atomic E-state index is 0.220. The van der Waals surface area contributed by atoms with Crippen molar-refractivity contribution < 1.29 is 22.6 Å². The van der Waals surface area contributed by atoms with Crippen LogP contribution in [-0.4, -0.2) is 61.1 Å². The minimum atomic E-state index is -4.14. The Morgan fingerprint density at radius 2 is 1.75 bits per heavy atom. The first-order valence-electron chi connectivity index (χ1n) is 4.91. The molecule has 94 valence electrons. The summed E-state index contributed by atoms with van der Waals surface area (Å²) in [5, 5.41) is 9.55. The molecule has 0 radical (unpaired) electrons. The number of aliphatic hydroxyl groups is 1. The first-order valence-corrected chi connectivity index (χ1v) is 6.52. The number of likely N-dealkylation sites (N-methyl/N-ethyl adjacent to an activating group) is 1. The molecule has 2 N–H and O–H groups in total. The van der Waals surface area contributed by atoms with E-state index < -0.39 is 22.0 Å². The molecule has 0 amide bonds. The summed E-state index contributed by atoms with van der Waals surface area (Å²) in [5.41, 5.74) is 0. The van der Waals surface area contributed by atoms with E-state index in [0.717, 1.165) is 0 Å². The van der Waals surface area contributed by atoms with Gasteiger partial charge in [-0.2, -0.15) is 8.42 Å². The van der Waals surface area contributed by atoms with Crippen molar-refractivity contribution >= 4 is 10.1 Å². The van der Waals surface area contributed by atoms with Crippen LogP contribution in [0.4, 0.5) is 0 Å². The fourth-order valence-corrected chi connectivity index (χ4v) is 2.24.